The molecular formula is C20H22BrN2O+. The number of aliphatic hydroxyl groups is 1. The third-order valence-electron chi connectivity index (χ3n) is 5.05. The lowest BCUT2D eigenvalue weighted by Crippen LogP contribution is -2.47. The first kappa shape index (κ1) is 15.9. The molecule has 2 aromatic rings. The number of amidine groups is 1. The molecule has 0 amide bonds. The van der Waals surface area contributed by atoms with Crippen LogP contribution in [0.4, 0.5) is 5.69 Å². The Morgan fingerprint density at radius 3 is 2.46 bits per heavy atom. The van der Waals surface area contributed by atoms with E-state index in [0.717, 1.165) is 28.7 Å². The lowest BCUT2D eigenvalue weighted by atomic mass is 10.00. The van der Waals surface area contributed by atoms with E-state index in [1.54, 1.807) is 0 Å². The summed E-state index contributed by atoms with van der Waals surface area (Å²) >= 11 is 3.51. The van der Waals surface area contributed by atoms with Crippen molar-refractivity contribution in [2.75, 3.05) is 18.0 Å². The minimum absolute atomic E-state index is 0.627. The van der Waals surface area contributed by atoms with Crippen LogP contribution in [0.25, 0.3) is 0 Å². The van der Waals surface area contributed by atoms with Gasteiger partial charge in [0.05, 0.1) is 6.54 Å². The Balaban J connectivity index is 1.84. The van der Waals surface area contributed by atoms with Gasteiger partial charge in [0.1, 0.15) is 5.69 Å². The second kappa shape index (κ2) is 6.34. The summed E-state index contributed by atoms with van der Waals surface area (Å²) in [5.74, 6) is 1.25. The first-order valence-corrected chi connectivity index (χ1v) is 9.42. The topological polar surface area (TPSA) is 26.5 Å². The van der Waals surface area contributed by atoms with E-state index >= 15 is 0 Å². The molecule has 1 unspecified atom stereocenters. The molecule has 0 spiro atoms. The number of anilines is 1. The van der Waals surface area contributed by atoms with E-state index in [0.29, 0.717) is 6.54 Å². The fourth-order valence-electron chi connectivity index (χ4n) is 3.90. The van der Waals surface area contributed by atoms with Gasteiger partial charge in [-0.1, -0.05) is 46.3 Å². The highest BCUT2D eigenvalue weighted by Crippen LogP contribution is 2.38. The Kier molecular flexibility index (Phi) is 4.19. The number of hydrogen-bond donors (Lipinski definition) is 1. The van der Waals surface area contributed by atoms with Crippen LogP contribution in [0, 0.1) is 0 Å². The molecule has 0 radical (unpaired) electrons. The Morgan fingerprint density at radius 1 is 0.958 bits per heavy atom. The molecule has 124 valence electrons. The van der Waals surface area contributed by atoms with Crippen molar-refractivity contribution >= 4 is 27.5 Å². The minimum atomic E-state index is -1.01. The SMILES string of the molecule is OC1(c2ccccc2)C[N+]2=C(CCCCC2)N1c1ccc(Br)cc1. The number of rotatable bonds is 2. The molecule has 0 aromatic heterocycles. The Hall–Kier alpha value is -1.65. The van der Waals surface area contributed by atoms with E-state index in [2.05, 4.69) is 37.5 Å². The Labute approximate surface area is 151 Å². The first-order chi connectivity index (χ1) is 11.7. The highest BCUT2D eigenvalue weighted by Gasteiger charge is 2.53. The predicted molar refractivity (Wildman–Crippen MR) is 100 cm³/mol. The van der Waals surface area contributed by atoms with Crippen LogP contribution in [-0.4, -0.2) is 28.6 Å². The highest BCUT2D eigenvalue weighted by molar-refractivity contribution is 9.10. The first-order valence-electron chi connectivity index (χ1n) is 8.63. The summed E-state index contributed by atoms with van der Waals surface area (Å²) in [5, 5.41) is 11.7. The van der Waals surface area contributed by atoms with Crippen molar-refractivity contribution in [3.63, 3.8) is 0 Å². The number of nitrogens with zero attached hydrogens (tertiary/aromatic N) is 2. The molecule has 3 nitrogen and oxygen atoms in total. The molecule has 2 aliphatic heterocycles. The van der Waals surface area contributed by atoms with E-state index in [1.165, 1.54) is 25.1 Å². The zero-order chi connectivity index (χ0) is 16.6. The molecule has 0 bridgehead atoms. The lowest BCUT2D eigenvalue weighted by Gasteiger charge is -2.29. The van der Waals surface area contributed by atoms with Crippen molar-refractivity contribution in [2.45, 2.75) is 31.4 Å². The van der Waals surface area contributed by atoms with Crippen LogP contribution < -0.4 is 4.90 Å². The molecule has 1 N–H and O–H groups in total. The maximum Gasteiger partial charge on any atom is 0.275 e. The number of benzene rings is 2. The second-order valence-electron chi connectivity index (χ2n) is 6.64. The monoisotopic (exact) mass is 385 g/mol. The molecule has 0 saturated heterocycles. The van der Waals surface area contributed by atoms with Crippen molar-refractivity contribution < 1.29 is 9.68 Å². The molecule has 24 heavy (non-hydrogen) atoms. The zero-order valence-corrected chi connectivity index (χ0v) is 15.2. The van der Waals surface area contributed by atoms with Gasteiger partial charge >= 0.3 is 0 Å². The molecule has 2 heterocycles. The quantitative estimate of drug-likeness (QED) is 0.787. The molecular weight excluding hydrogens is 364 g/mol. The predicted octanol–water partition coefficient (Wildman–Crippen LogP) is 4.10. The van der Waals surface area contributed by atoms with Gasteiger partial charge in [0.15, 0.2) is 6.54 Å². The van der Waals surface area contributed by atoms with Gasteiger partial charge in [0, 0.05) is 16.5 Å². The largest absolute Gasteiger partial charge is 0.346 e. The van der Waals surface area contributed by atoms with Gasteiger partial charge < -0.3 is 5.11 Å². The Bertz CT molecular complexity index is 757. The molecule has 0 saturated carbocycles. The van der Waals surface area contributed by atoms with Crippen molar-refractivity contribution in [1.29, 1.82) is 0 Å². The van der Waals surface area contributed by atoms with Crippen LogP contribution in [0.3, 0.4) is 0 Å². The molecule has 0 fully saturated rings. The normalized spacial score (nSPS) is 24.0. The van der Waals surface area contributed by atoms with E-state index in [9.17, 15) is 5.11 Å². The standard InChI is InChI=1S/C20H22BrN2O/c21-17-10-12-18(13-11-17)23-19-9-5-2-6-14-22(19)15-20(23,24)16-7-3-1-4-8-16/h1,3-4,7-8,10-13,24H,2,5-6,9,14-15H2/q+1. The van der Waals surface area contributed by atoms with Crippen LogP contribution >= 0.6 is 15.9 Å². The van der Waals surface area contributed by atoms with Gasteiger partial charge in [-0.25, -0.2) is 0 Å². The van der Waals surface area contributed by atoms with Crippen molar-refractivity contribution in [3.8, 4) is 0 Å². The summed E-state index contributed by atoms with van der Waals surface area (Å²) in [6, 6.07) is 18.3. The molecule has 1 atom stereocenters. The van der Waals surface area contributed by atoms with Gasteiger partial charge in [0.2, 0.25) is 0 Å². The molecule has 4 heteroatoms. The van der Waals surface area contributed by atoms with Gasteiger partial charge in [-0.15, -0.1) is 0 Å². The summed E-state index contributed by atoms with van der Waals surface area (Å²) in [5.41, 5.74) is 0.985. The third-order valence-corrected chi connectivity index (χ3v) is 5.58. The van der Waals surface area contributed by atoms with E-state index in [1.807, 2.05) is 42.5 Å². The smallest absolute Gasteiger partial charge is 0.275 e. The van der Waals surface area contributed by atoms with Crippen molar-refractivity contribution in [2.24, 2.45) is 0 Å². The van der Waals surface area contributed by atoms with Crippen LogP contribution in [-0.2, 0) is 5.72 Å². The van der Waals surface area contributed by atoms with E-state index in [-0.39, 0.29) is 0 Å². The maximum atomic E-state index is 11.7. The average molecular weight is 386 g/mol. The summed E-state index contributed by atoms with van der Waals surface area (Å²) in [6.45, 7) is 1.65. The van der Waals surface area contributed by atoms with Crippen LogP contribution in [0.15, 0.2) is 59.1 Å². The molecule has 4 rings (SSSR count). The maximum absolute atomic E-state index is 11.7. The minimum Gasteiger partial charge on any atom is -0.346 e. The van der Waals surface area contributed by atoms with Gasteiger partial charge in [-0.3, -0.25) is 4.58 Å². The third kappa shape index (κ3) is 2.68. The van der Waals surface area contributed by atoms with Gasteiger partial charge in [-0.2, -0.15) is 4.90 Å². The summed E-state index contributed by atoms with van der Waals surface area (Å²) in [7, 11) is 0. The summed E-state index contributed by atoms with van der Waals surface area (Å²) in [6.07, 6.45) is 4.66. The number of hydrogen-bond acceptors (Lipinski definition) is 2. The average Bonchev–Trinajstić information content (AvgIpc) is 2.74. The highest BCUT2D eigenvalue weighted by atomic mass is 79.9. The van der Waals surface area contributed by atoms with E-state index in [4.69, 9.17) is 0 Å². The van der Waals surface area contributed by atoms with Crippen LogP contribution in [0.2, 0.25) is 0 Å². The van der Waals surface area contributed by atoms with Gasteiger partial charge in [0.25, 0.3) is 11.6 Å². The van der Waals surface area contributed by atoms with Crippen molar-refractivity contribution in [3.05, 3.63) is 64.6 Å². The zero-order valence-electron chi connectivity index (χ0n) is 13.7. The van der Waals surface area contributed by atoms with E-state index < -0.39 is 5.72 Å². The van der Waals surface area contributed by atoms with Crippen molar-refractivity contribution in [1.82, 2.24) is 0 Å². The van der Waals surface area contributed by atoms with Crippen LogP contribution in [0.5, 0.6) is 0 Å². The molecule has 2 aliphatic rings. The molecule has 2 aromatic carbocycles. The van der Waals surface area contributed by atoms with Gasteiger partial charge in [-0.05, 0) is 43.5 Å². The Morgan fingerprint density at radius 2 is 1.71 bits per heavy atom. The summed E-state index contributed by atoms with van der Waals surface area (Å²) in [4.78, 5) is 2.15. The second-order valence-corrected chi connectivity index (χ2v) is 7.56. The fraction of sp³-hybridized carbons (Fsp3) is 0.350. The number of halogens is 1. The lowest BCUT2D eigenvalue weighted by molar-refractivity contribution is -0.534. The fourth-order valence-corrected chi connectivity index (χ4v) is 4.17. The van der Waals surface area contributed by atoms with Crippen LogP contribution in [0.1, 0.15) is 31.2 Å². The summed E-state index contributed by atoms with van der Waals surface area (Å²) < 4.78 is 3.43. The molecule has 0 aliphatic carbocycles.